The van der Waals surface area contributed by atoms with E-state index in [-0.39, 0.29) is 6.61 Å². The minimum atomic E-state index is -0.518. The minimum Gasteiger partial charge on any atom is -0.497 e. The summed E-state index contributed by atoms with van der Waals surface area (Å²) in [5, 5.41) is 15.2. The third-order valence-corrected chi connectivity index (χ3v) is 3.95. The molecule has 1 aromatic carbocycles. The van der Waals surface area contributed by atoms with Gasteiger partial charge in [-0.2, -0.15) is 0 Å². The molecule has 0 spiro atoms. The number of methoxy groups -OCH3 is 1. The third kappa shape index (κ3) is 5.75. The van der Waals surface area contributed by atoms with Crippen LogP contribution in [0, 0.1) is 0 Å². The number of ether oxygens (including phenoxy) is 2. The highest BCUT2D eigenvalue weighted by molar-refractivity contribution is 7.09. The molecule has 0 bridgehead atoms. The van der Waals surface area contributed by atoms with E-state index in [4.69, 9.17) is 9.47 Å². The van der Waals surface area contributed by atoms with Crippen LogP contribution >= 0.6 is 11.3 Å². The average molecular weight is 307 g/mol. The van der Waals surface area contributed by atoms with Crippen LogP contribution in [0.5, 0.6) is 11.5 Å². The van der Waals surface area contributed by atoms with Crippen molar-refractivity contribution in [2.24, 2.45) is 0 Å². The highest BCUT2D eigenvalue weighted by Crippen LogP contribution is 2.17. The van der Waals surface area contributed by atoms with Crippen molar-refractivity contribution in [1.29, 1.82) is 0 Å². The Balaban J connectivity index is 1.59. The lowest BCUT2D eigenvalue weighted by Crippen LogP contribution is -2.32. The van der Waals surface area contributed by atoms with Gasteiger partial charge in [0.15, 0.2) is 0 Å². The molecule has 0 saturated heterocycles. The van der Waals surface area contributed by atoms with Gasteiger partial charge in [0.05, 0.1) is 7.11 Å². The first-order chi connectivity index (χ1) is 10.3. The zero-order chi connectivity index (χ0) is 14.9. The summed E-state index contributed by atoms with van der Waals surface area (Å²) in [5.41, 5.74) is 0. The summed E-state index contributed by atoms with van der Waals surface area (Å²) >= 11 is 1.75. The predicted octanol–water partition coefficient (Wildman–Crippen LogP) is 2.33. The Labute approximate surface area is 129 Å². The van der Waals surface area contributed by atoms with E-state index in [1.54, 1.807) is 18.4 Å². The van der Waals surface area contributed by atoms with Crippen LogP contribution in [-0.4, -0.2) is 38.0 Å². The molecule has 0 aliphatic rings. The van der Waals surface area contributed by atoms with Crippen LogP contribution in [0.15, 0.2) is 41.8 Å². The van der Waals surface area contributed by atoms with Crippen molar-refractivity contribution >= 4 is 11.3 Å². The number of hydrogen-bond acceptors (Lipinski definition) is 5. The zero-order valence-corrected chi connectivity index (χ0v) is 12.9. The van der Waals surface area contributed by atoms with Crippen LogP contribution in [0.25, 0.3) is 0 Å². The molecule has 1 unspecified atom stereocenters. The molecular formula is C16H21NO3S. The average Bonchev–Trinajstić information content (AvgIpc) is 3.03. The molecule has 0 aliphatic heterocycles. The van der Waals surface area contributed by atoms with Gasteiger partial charge in [-0.15, -0.1) is 11.3 Å². The molecule has 5 heteroatoms. The van der Waals surface area contributed by atoms with E-state index in [0.29, 0.717) is 6.54 Å². The van der Waals surface area contributed by atoms with Crippen molar-refractivity contribution in [2.45, 2.75) is 12.5 Å². The van der Waals surface area contributed by atoms with Gasteiger partial charge in [0, 0.05) is 18.0 Å². The molecular weight excluding hydrogens is 286 g/mol. The second-order valence-corrected chi connectivity index (χ2v) is 5.71. The molecule has 114 valence electrons. The first kappa shape index (κ1) is 15.8. The van der Waals surface area contributed by atoms with E-state index in [2.05, 4.69) is 22.8 Å². The largest absolute Gasteiger partial charge is 0.497 e. The monoisotopic (exact) mass is 307 g/mol. The second kappa shape index (κ2) is 8.67. The maximum atomic E-state index is 9.86. The summed E-state index contributed by atoms with van der Waals surface area (Å²) in [4.78, 5) is 1.35. The second-order valence-electron chi connectivity index (χ2n) is 4.67. The van der Waals surface area contributed by atoms with E-state index in [0.717, 1.165) is 24.5 Å². The van der Waals surface area contributed by atoms with Gasteiger partial charge in [0.2, 0.25) is 0 Å². The van der Waals surface area contributed by atoms with Crippen molar-refractivity contribution in [2.75, 3.05) is 26.8 Å². The molecule has 1 atom stereocenters. The van der Waals surface area contributed by atoms with Gasteiger partial charge in [-0.1, -0.05) is 6.07 Å². The molecule has 0 amide bonds. The van der Waals surface area contributed by atoms with Crippen molar-refractivity contribution in [3.05, 3.63) is 46.7 Å². The Morgan fingerprint density at radius 2 is 1.95 bits per heavy atom. The van der Waals surface area contributed by atoms with E-state index < -0.39 is 6.10 Å². The van der Waals surface area contributed by atoms with Gasteiger partial charge < -0.3 is 19.9 Å². The van der Waals surface area contributed by atoms with E-state index in [1.165, 1.54) is 4.88 Å². The molecule has 2 rings (SSSR count). The lowest BCUT2D eigenvalue weighted by atomic mass is 10.3. The van der Waals surface area contributed by atoms with Crippen LogP contribution in [0.1, 0.15) is 4.88 Å². The Hall–Kier alpha value is -1.56. The van der Waals surface area contributed by atoms with Crippen molar-refractivity contribution < 1.29 is 14.6 Å². The normalized spacial score (nSPS) is 12.1. The van der Waals surface area contributed by atoms with Gasteiger partial charge >= 0.3 is 0 Å². The maximum absolute atomic E-state index is 9.86. The number of aliphatic hydroxyl groups is 1. The summed E-state index contributed by atoms with van der Waals surface area (Å²) in [6.07, 6.45) is 0.472. The molecule has 0 aliphatic carbocycles. The Kier molecular flexibility index (Phi) is 6.53. The number of benzene rings is 1. The van der Waals surface area contributed by atoms with Gasteiger partial charge in [0.1, 0.15) is 24.2 Å². The summed E-state index contributed by atoms with van der Waals surface area (Å²) in [5.74, 6) is 1.52. The van der Waals surface area contributed by atoms with E-state index >= 15 is 0 Å². The maximum Gasteiger partial charge on any atom is 0.119 e. The Morgan fingerprint density at radius 1 is 1.19 bits per heavy atom. The fourth-order valence-electron chi connectivity index (χ4n) is 1.86. The quantitative estimate of drug-likeness (QED) is 0.698. The molecule has 0 fully saturated rings. The minimum absolute atomic E-state index is 0.276. The summed E-state index contributed by atoms with van der Waals surface area (Å²) < 4.78 is 10.6. The van der Waals surface area contributed by atoms with Crippen molar-refractivity contribution in [3.8, 4) is 11.5 Å². The number of hydrogen-bond donors (Lipinski definition) is 2. The Morgan fingerprint density at radius 3 is 2.62 bits per heavy atom. The van der Waals surface area contributed by atoms with Crippen LogP contribution in [0.2, 0.25) is 0 Å². The standard InChI is InChI=1S/C16H21NO3S/c1-19-14-4-6-15(7-5-14)20-12-13(18)11-17-9-8-16-3-2-10-21-16/h2-7,10,13,17-18H,8-9,11-12H2,1H3. The molecule has 21 heavy (non-hydrogen) atoms. The fraction of sp³-hybridized carbons (Fsp3) is 0.375. The summed E-state index contributed by atoms with van der Waals surface area (Å²) in [6.45, 7) is 1.67. The smallest absolute Gasteiger partial charge is 0.119 e. The number of aliphatic hydroxyl groups excluding tert-OH is 1. The first-order valence-corrected chi connectivity index (χ1v) is 7.84. The first-order valence-electron chi connectivity index (χ1n) is 6.96. The van der Waals surface area contributed by atoms with Crippen LogP contribution in [0.3, 0.4) is 0 Å². The summed E-state index contributed by atoms with van der Waals surface area (Å²) in [7, 11) is 1.63. The fourth-order valence-corrected chi connectivity index (χ4v) is 2.57. The summed E-state index contributed by atoms with van der Waals surface area (Å²) in [6, 6.07) is 11.5. The van der Waals surface area contributed by atoms with Crippen LogP contribution in [0.4, 0.5) is 0 Å². The molecule has 4 nitrogen and oxygen atoms in total. The van der Waals surface area contributed by atoms with Gasteiger partial charge in [0.25, 0.3) is 0 Å². The molecule has 2 aromatic rings. The van der Waals surface area contributed by atoms with Crippen LogP contribution < -0.4 is 14.8 Å². The van der Waals surface area contributed by atoms with Gasteiger partial charge in [-0.05, 0) is 42.1 Å². The number of rotatable bonds is 9. The molecule has 0 saturated carbocycles. The van der Waals surface area contributed by atoms with Crippen LogP contribution in [-0.2, 0) is 6.42 Å². The molecule has 1 aromatic heterocycles. The number of nitrogens with one attached hydrogen (secondary N) is 1. The zero-order valence-electron chi connectivity index (χ0n) is 12.1. The highest BCUT2D eigenvalue weighted by Gasteiger charge is 2.05. The van der Waals surface area contributed by atoms with E-state index in [1.807, 2.05) is 24.3 Å². The third-order valence-electron chi connectivity index (χ3n) is 3.01. The molecule has 0 radical (unpaired) electrons. The van der Waals surface area contributed by atoms with Crippen molar-refractivity contribution in [3.63, 3.8) is 0 Å². The molecule has 1 heterocycles. The lowest BCUT2D eigenvalue weighted by Gasteiger charge is -2.13. The predicted molar refractivity (Wildman–Crippen MR) is 85.4 cm³/mol. The Bertz CT molecular complexity index is 499. The van der Waals surface area contributed by atoms with Gasteiger partial charge in [-0.3, -0.25) is 0 Å². The van der Waals surface area contributed by atoms with Gasteiger partial charge in [-0.25, -0.2) is 0 Å². The van der Waals surface area contributed by atoms with Crippen molar-refractivity contribution in [1.82, 2.24) is 5.32 Å². The number of thiophene rings is 1. The van der Waals surface area contributed by atoms with E-state index in [9.17, 15) is 5.11 Å². The molecule has 2 N–H and O–H groups in total. The topological polar surface area (TPSA) is 50.7 Å². The lowest BCUT2D eigenvalue weighted by molar-refractivity contribution is 0.106. The SMILES string of the molecule is COc1ccc(OCC(O)CNCCc2cccs2)cc1. The highest BCUT2D eigenvalue weighted by atomic mass is 32.1.